The van der Waals surface area contributed by atoms with Gasteiger partial charge in [-0.15, -0.1) is 0 Å². The van der Waals surface area contributed by atoms with Crippen LogP contribution in [-0.4, -0.2) is 44.3 Å². The van der Waals surface area contributed by atoms with E-state index < -0.39 is 28.8 Å². The first-order valence-electron chi connectivity index (χ1n) is 11.5. The summed E-state index contributed by atoms with van der Waals surface area (Å²) in [6, 6.07) is 3.06. The maximum absolute atomic E-state index is 12.2. The van der Waals surface area contributed by atoms with Gasteiger partial charge in [0, 0.05) is 29.7 Å². The first-order chi connectivity index (χ1) is 14.1. The summed E-state index contributed by atoms with van der Waals surface area (Å²) in [5.74, 6) is -0.228. The van der Waals surface area contributed by atoms with E-state index in [0.717, 1.165) is 37.7 Å². The SMILES string of the molecule is C[C@]12CC[C@H](O)C[C@H]1C[C@H](O)C1[C@@H]2CC[C@]2(C)[C@@H](c3ccc(=O)oc3)[C@H](O)C[C@]12O. The molecule has 4 N–H and O–H groups in total. The lowest BCUT2D eigenvalue weighted by molar-refractivity contribution is -0.238. The molecule has 1 aromatic rings. The zero-order valence-electron chi connectivity index (χ0n) is 17.8. The summed E-state index contributed by atoms with van der Waals surface area (Å²) in [5, 5.41) is 44.7. The Labute approximate surface area is 176 Å². The second-order valence-corrected chi connectivity index (χ2v) is 11.1. The Hall–Kier alpha value is -1.21. The van der Waals surface area contributed by atoms with Gasteiger partial charge in [0.15, 0.2) is 0 Å². The Morgan fingerprint density at radius 1 is 1.03 bits per heavy atom. The van der Waals surface area contributed by atoms with Gasteiger partial charge in [-0.05, 0) is 67.4 Å². The molecular weight excluding hydrogens is 384 g/mol. The van der Waals surface area contributed by atoms with Crippen molar-refractivity contribution in [1.82, 2.24) is 0 Å². The van der Waals surface area contributed by atoms with Gasteiger partial charge in [0.05, 0.1) is 30.2 Å². The molecule has 0 aliphatic heterocycles. The summed E-state index contributed by atoms with van der Waals surface area (Å²) in [4.78, 5) is 11.4. The topological polar surface area (TPSA) is 111 Å². The monoisotopic (exact) mass is 418 g/mol. The molecule has 4 saturated carbocycles. The molecule has 10 atom stereocenters. The van der Waals surface area contributed by atoms with Crippen LogP contribution in [0.4, 0.5) is 0 Å². The van der Waals surface area contributed by atoms with Gasteiger partial charge in [-0.2, -0.15) is 0 Å². The van der Waals surface area contributed by atoms with Crippen LogP contribution in [-0.2, 0) is 0 Å². The van der Waals surface area contributed by atoms with Crippen LogP contribution in [0.15, 0.2) is 27.6 Å². The summed E-state index contributed by atoms with van der Waals surface area (Å²) >= 11 is 0. The van der Waals surface area contributed by atoms with Crippen molar-refractivity contribution < 1.29 is 24.8 Å². The highest BCUT2D eigenvalue weighted by molar-refractivity contribution is 5.30. The van der Waals surface area contributed by atoms with Crippen LogP contribution in [0, 0.1) is 28.6 Å². The van der Waals surface area contributed by atoms with E-state index >= 15 is 0 Å². The third kappa shape index (κ3) is 2.60. The molecule has 166 valence electrons. The fourth-order valence-corrected chi connectivity index (χ4v) is 8.37. The first kappa shape index (κ1) is 20.7. The lowest BCUT2D eigenvalue weighted by atomic mass is 9.42. The molecule has 0 radical (unpaired) electrons. The second kappa shape index (κ2) is 6.64. The smallest absolute Gasteiger partial charge is 0.335 e. The van der Waals surface area contributed by atoms with Crippen molar-refractivity contribution in [2.45, 2.75) is 88.6 Å². The maximum atomic E-state index is 12.2. The second-order valence-electron chi connectivity index (χ2n) is 11.1. The predicted octanol–water partition coefficient (Wildman–Crippen LogP) is 2.18. The Balaban J connectivity index is 1.55. The van der Waals surface area contributed by atoms with Crippen molar-refractivity contribution in [2.75, 3.05) is 0 Å². The van der Waals surface area contributed by atoms with Gasteiger partial charge in [-0.3, -0.25) is 0 Å². The number of aliphatic hydroxyl groups excluding tert-OH is 3. The van der Waals surface area contributed by atoms with E-state index in [1.165, 1.54) is 12.3 Å². The molecule has 4 aliphatic rings. The molecule has 6 heteroatoms. The van der Waals surface area contributed by atoms with E-state index in [1.807, 2.05) is 6.92 Å². The van der Waals surface area contributed by atoms with E-state index in [1.54, 1.807) is 6.07 Å². The van der Waals surface area contributed by atoms with Gasteiger partial charge in [0.1, 0.15) is 0 Å². The van der Waals surface area contributed by atoms with Crippen molar-refractivity contribution in [2.24, 2.45) is 28.6 Å². The van der Waals surface area contributed by atoms with Crippen LogP contribution >= 0.6 is 0 Å². The van der Waals surface area contributed by atoms with Gasteiger partial charge in [0.25, 0.3) is 0 Å². The van der Waals surface area contributed by atoms with Gasteiger partial charge in [0.2, 0.25) is 0 Å². The molecule has 30 heavy (non-hydrogen) atoms. The lowest BCUT2D eigenvalue weighted by Crippen LogP contribution is -2.66. The molecule has 4 fully saturated rings. The zero-order chi connectivity index (χ0) is 21.5. The molecule has 0 aromatic carbocycles. The van der Waals surface area contributed by atoms with Gasteiger partial charge in [-0.25, -0.2) is 4.79 Å². The average molecular weight is 419 g/mol. The molecule has 0 saturated heterocycles. The minimum absolute atomic E-state index is 0.0111. The van der Waals surface area contributed by atoms with E-state index in [0.29, 0.717) is 6.42 Å². The third-order valence-corrected chi connectivity index (χ3v) is 9.92. The van der Waals surface area contributed by atoms with E-state index in [9.17, 15) is 25.2 Å². The van der Waals surface area contributed by atoms with Crippen LogP contribution in [0.5, 0.6) is 0 Å². The molecule has 6 nitrogen and oxygen atoms in total. The summed E-state index contributed by atoms with van der Waals surface area (Å²) in [6.45, 7) is 4.31. The first-order valence-corrected chi connectivity index (χ1v) is 11.5. The van der Waals surface area contributed by atoms with Crippen LogP contribution in [0.25, 0.3) is 0 Å². The van der Waals surface area contributed by atoms with Crippen molar-refractivity contribution in [3.05, 3.63) is 34.4 Å². The van der Waals surface area contributed by atoms with Crippen molar-refractivity contribution >= 4 is 0 Å². The van der Waals surface area contributed by atoms with Gasteiger partial charge >= 0.3 is 5.63 Å². The van der Waals surface area contributed by atoms with E-state index in [2.05, 4.69) is 6.92 Å². The number of hydrogen-bond donors (Lipinski definition) is 4. The largest absolute Gasteiger partial charge is 0.431 e. The molecule has 4 aliphatic carbocycles. The number of fused-ring (bicyclic) bond motifs is 5. The molecule has 1 aromatic heterocycles. The Morgan fingerprint density at radius 3 is 2.50 bits per heavy atom. The number of rotatable bonds is 1. The Bertz CT molecular complexity index is 862. The van der Waals surface area contributed by atoms with Gasteiger partial charge in [-0.1, -0.05) is 13.8 Å². The number of aliphatic hydroxyl groups is 4. The standard InChI is InChI=1S/C24H34O6/c1-22-7-5-15(25)9-14(22)10-17(26)21-16(22)6-8-23(2)20(18(27)11-24(21,23)29)13-3-4-19(28)30-12-13/h3-4,12,14-18,20-21,25-27,29H,5-11H2,1-2H3/t14-,15-,16-,17-,18+,20-,21?,22-,23+,24-/m0/s1. The highest BCUT2D eigenvalue weighted by atomic mass is 16.4. The van der Waals surface area contributed by atoms with E-state index in [4.69, 9.17) is 4.42 Å². The summed E-state index contributed by atoms with van der Waals surface area (Å²) in [6.07, 6.45) is 4.53. The van der Waals surface area contributed by atoms with Crippen molar-refractivity contribution in [1.29, 1.82) is 0 Å². The fourth-order valence-electron chi connectivity index (χ4n) is 8.37. The highest BCUT2D eigenvalue weighted by Gasteiger charge is 2.71. The molecular formula is C24H34O6. The highest BCUT2D eigenvalue weighted by Crippen LogP contribution is 2.70. The fraction of sp³-hybridized carbons (Fsp3) is 0.792. The average Bonchev–Trinajstić information content (AvgIpc) is 2.89. The summed E-state index contributed by atoms with van der Waals surface area (Å²) in [5.41, 5.74) is -1.53. The van der Waals surface area contributed by atoms with Crippen LogP contribution in [0.2, 0.25) is 0 Å². The minimum atomic E-state index is -1.19. The Morgan fingerprint density at radius 2 is 1.80 bits per heavy atom. The predicted molar refractivity (Wildman–Crippen MR) is 110 cm³/mol. The number of hydrogen-bond acceptors (Lipinski definition) is 6. The van der Waals surface area contributed by atoms with Crippen LogP contribution in [0.1, 0.15) is 70.3 Å². The molecule has 0 spiro atoms. The molecule has 1 heterocycles. The summed E-state index contributed by atoms with van der Waals surface area (Å²) in [7, 11) is 0. The van der Waals surface area contributed by atoms with Crippen LogP contribution in [0.3, 0.4) is 0 Å². The summed E-state index contributed by atoms with van der Waals surface area (Å²) < 4.78 is 5.08. The van der Waals surface area contributed by atoms with Crippen molar-refractivity contribution in [3.8, 4) is 0 Å². The molecule has 5 rings (SSSR count). The zero-order valence-corrected chi connectivity index (χ0v) is 17.8. The molecule has 1 unspecified atom stereocenters. The van der Waals surface area contributed by atoms with Gasteiger partial charge < -0.3 is 24.8 Å². The molecule has 0 amide bonds. The minimum Gasteiger partial charge on any atom is -0.431 e. The lowest BCUT2D eigenvalue weighted by Gasteiger charge is -2.64. The van der Waals surface area contributed by atoms with Crippen LogP contribution < -0.4 is 5.63 Å². The third-order valence-electron chi connectivity index (χ3n) is 9.92. The van der Waals surface area contributed by atoms with E-state index in [-0.39, 0.29) is 41.6 Å². The quantitative estimate of drug-likeness (QED) is 0.556. The van der Waals surface area contributed by atoms with Crippen molar-refractivity contribution in [3.63, 3.8) is 0 Å². The maximum Gasteiger partial charge on any atom is 0.335 e. The molecule has 0 bridgehead atoms. The normalized spacial score (nSPS) is 52.9. The Kier molecular flexibility index (Phi) is 4.58.